The van der Waals surface area contributed by atoms with E-state index in [1.807, 2.05) is 21.6 Å². The third kappa shape index (κ3) is 3.46. The number of nitrogens with zero attached hydrogens (tertiary/aromatic N) is 2. The van der Waals surface area contributed by atoms with Gasteiger partial charge in [0, 0.05) is 47.0 Å². The van der Waals surface area contributed by atoms with Crippen LogP contribution in [-0.2, 0) is 14.1 Å². The van der Waals surface area contributed by atoms with Crippen LogP contribution in [0.3, 0.4) is 0 Å². The zero-order valence-electron chi connectivity index (χ0n) is 19.1. The van der Waals surface area contributed by atoms with Gasteiger partial charge >= 0.3 is 0 Å². The Labute approximate surface area is 207 Å². The summed E-state index contributed by atoms with van der Waals surface area (Å²) < 4.78 is 4.67. The van der Waals surface area contributed by atoms with Crippen LogP contribution in [0.15, 0.2) is 119 Å². The highest BCUT2D eigenvalue weighted by Gasteiger charge is 2.21. The normalized spacial score (nSPS) is 11.5. The van der Waals surface area contributed by atoms with Crippen molar-refractivity contribution >= 4 is 43.4 Å². The van der Waals surface area contributed by atoms with Gasteiger partial charge in [-0.05, 0) is 44.8 Å². The van der Waals surface area contributed by atoms with E-state index in [1.54, 1.807) is 0 Å². The van der Waals surface area contributed by atoms with E-state index in [4.69, 9.17) is 0 Å². The summed E-state index contributed by atoms with van der Waals surface area (Å²) in [7, 11) is 8.04. The Morgan fingerprint density at radius 2 is 0.794 bits per heavy atom. The Hall–Kier alpha value is -3.34. The predicted molar refractivity (Wildman–Crippen MR) is 148 cm³/mol. The van der Waals surface area contributed by atoms with E-state index < -0.39 is 0 Å². The summed E-state index contributed by atoms with van der Waals surface area (Å²) >= 11 is 0. The number of aryl methyl sites for hydroxylation is 2. The standard InChI is InChI=1S/C30H24N2S2/c1-31-25-19-11-9-17-23(25)27(21-13-5-3-6-14-21)29(31)33-34-30-28(22-15-7-4-8-16-22)24-18-10-12-20-26(24)32(30)2/h3-20H,1-2H3. The predicted octanol–water partition coefficient (Wildman–Crippen LogP) is 8.80. The van der Waals surface area contributed by atoms with E-state index in [1.165, 1.54) is 54.1 Å². The van der Waals surface area contributed by atoms with Crippen molar-refractivity contribution in [1.29, 1.82) is 0 Å². The van der Waals surface area contributed by atoms with E-state index in [2.05, 4.69) is 132 Å². The van der Waals surface area contributed by atoms with Crippen molar-refractivity contribution in [3.63, 3.8) is 0 Å². The maximum atomic E-state index is 2.33. The molecule has 4 heteroatoms. The smallest absolute Gasteiger partial charge is 0.0947 e. The fourth-order valence-corrected chi connectivity index (χ4v) is 7.63. The molecular formula is C30H24N2S2. The van der Waals surface area contributed by atoms with Crippen molar-refractivity contribution in [2.45, 2.75) is 10.1 Å². The first kappa shape index (κ1) is 21.2. The van der Waals surface area contributed by atoms with E-state index in [9.17, 15) is 0 Å². The number of benzene rings is 4. The highest BCUT2D eigenvalue weighted by atomic mass is 33.1. The lowest BCUT2D eigenvalue weighted by atomic mass is 10.1. The Morgan fingerprint density at radius 3 is 1.21 bits per heavy atom. The van der Waals surface area contributed by atoms with Crippen LogP contribution in [0, 0.1) is 0 Å². The van der Waals surface area contributed by atoms with Crippen LogP contribution < -0.4 is 0 Å². The van der Waals surface area contributed by atoms with E-state index in [0.717, 1.165) is 0 Å². The minimum Gasteiger partial charge on any atom is -0.338 e. The molecule has 0 unspecified atom stereocenters. The van der Waals surface area contributed by atoms with Gasteiger partial charge in [0.2, 0.25) is 0 Å². The molecule has 0 fully saturated rings. The van der Waals surface area contributed by atoms with Gasteiger partial charge in [-0.15, -0.1) is 0 Å². The van der Waals surface area contributed by atoms with Crippen LogP contribution in [0.25, 0.3) is 44.1 Å². The zero-order chi connectivity index (χ0) is 23.1. The molecular weight excluding hydrogens is 452 g/mol. The SMILES string of the molecule is Cn1c(SSc2c(-c3ccccc3)c3ccccc3n2C)c(-c2ccccc2)c2ccccc21. The van der Waals surface area contributed by atoms with Crippen LogP contribution in [0.1, 0.15) is 0 Å². The molecule has 0 saturated heterocycles. The average molecular weight is 477 g/mol. The van der Waals surface area contributed by atoms with Gasteiger partial charge in [0.05, 0.1) is 10.1 Å². The molecule has 0 spiro atoms. The Morgan fingerprint density at radius 1 is 0.441 bits per heavy atom. The molecule has 2 nitrogen and oxygen atoms in total. The van der Waals surface area contributed by atoms with Gasteiger partial charge < -0.3 is 9.13 Å². The van der Waals surface area contributed by atoms with Crippen LogP contribution in [-0.4, -0.2) is 9.13 Å². The first-order chi connectivity index (χ1) is 16.7. The molecule has 0 N–H and O–H groups in total. The summed E-state index contributed by atoms with van der Waals surface area (Å²) in [5, 5.41) is 5.11. The highest BCUT2D eigenvalue weighted by molar-refractivity contribution is 8.76. The summed E-state index contributed by atoms with van der Waals surface area (Å²) in [6, 6.07) is 38.9. The number of hydrogen-bond acceptors (Lipinski definition) is 2. The molecule has 0 amide bonds. The van der Waals surface area contributed by atoms with Crippen LogP contribution >= 0.6 is 21.6 Å². The fraction of sp³-hybridized carbons (Fsp3) is 0.0667. The van der Waals surface area contributed by atoms with Gasteiger partial charge in [-0.1, -0.05) is 97.1 Å². The van der Waals surface area contributed by atoms with Crippen molar-refractivity contribution in [2.24, 2.45) is 14.1 Å². The summed E-state index contributed by atoms with van der Waals surface area (Å²) in [6.45, 7) is 0. The third-order valence-electron chi connectivity index (χ3n) is 6.43. The molecule has 0 aliphatic rings. The second-order valence-corrected chi connectivity index (χ2v) is 10.5. The molecule has 2 heterocycles. The molecule has 0 aliphatic heterocycles. The van der Waals surface area contributed by atoms with Crippen molar-refractivity contribution in [3.05, 3.63) is 109 Å². The molecule has 0 saturated carbocycles. The molecule has 0 atom stereocenters. The van der Waals surface area contributed by atoms with Crippen molar-refractivity contribution in [2.75, 3.05) is 0 Å². The van der Waals surface area contributed by atoms with E-state index in [-0.39, 0.29) is 0 Å². The monoisotopic (exact) mass is 476 g/mol. The number of fused-ring (bicyclic) bond motifs is 2. The Bertz CT molecular complexity index is 1490. The lowest BCUT2D eigenvalue weighted by Crippen LogP contribution is -1.92. The Kier molecular flexibility index (Phi) is 5.48. The topological polar surface area (TPSA) is 9.86 Å². The van der Waals surface area contributed by atoms with Gasteiger partial charge in [-0.25, -0.2) is 0 Å². The summed E-state index contributed by atoms with van der Waals surface area (Å²) in [6.07, 6.45) is 0. The second kappa shape index (κ2) is 8.79. The third-order valence-corrected chi connectivity index (χ3v) is 8.98. The number of para-hydroxylation sites is 2. The minimum atomic E-state index is 1.25. The quantitative estimate of drug-likeness (QED) is 0.230. The van der Waals surface area contributed by atoms with Crippen LogP contribution in [0.4, 0.5) is 0 Å². The van der Waals surface area contributed by atoms with Gasteiger partial charge in [0.1, 0.15) is 0 Å². The summed E-state index contributed by atoms with van der Waals surface area (Å²) in [5.41, 5.74) is 7.62. The van der Waals surface area contributed by atoms with E-state index in [0.29, 0.717) is 0 Å². The molecule has 6 rings (SSSR count). The summed E-state index contributed by atoms with van der Waals surface area (Å²) in [5.74, 6) is 0. The van der Waals surface area contributed by atoms with Crippen molar-refractivity contribution in [3.8, 4) is 22.3 Å². The lowest BCUT2D eigenvalue weighted by molar-refractivity contribution is 0.864. The molecule has 166 valence electrons. The fourth-order valence-electron chi connectivity index (χ4n) is 4.78. The molecule has 6 aromatic rings. The Balaban J connectivity index is 1.51. The van der Waals surface area contributed by atoms with Gasteiger partial charge in [-0.3, -0.25) is 0 Å². The molecule has 2 aromatic heterocycles. The van der Waals surface area contributed by atoms with Crippen LogP contribution in [0.5, 0.6) is 0 Å². The summed E-state index contributed by atoms with van der Waals surface area (Å²) in [4.78, 5) is 0. The highest BCUT2D eigenvalue weighted by Crippen LogP contribution is 2.50. The average Bonchev–Trinajstić information content (AvgIpc) is 3.34. The first-order valence-electron chi connectivity index (χ1n) is 11.3. The minimum absolute atomic E-state index is 1.25. The molecule has 0 radical (unpaired) electrons. The lowest BCUT2D eigenvalue weighted by Gasteiger charge is -2.10. The van der Waals surface area contributed by atoms with Gasteiger partial charge in [0.25, 0.3) is 0 Å². The first-order valence-corrected chi connectivity index (χ1v) is 13.5. The molecule has 4 aromatic carbocycles. The van der Waals surface area contributed by atoms with Gasteiger partial charge in [-0.2, -0.15) is 0 Å². The van der Waals surface area contributed by atoms with Gasteiger partial charge in [0.15, 0.2) is 0 Å². The van der Waals surface area contributed by atoms with E-state index >= 15 is 0 Å². The number of aromatic nitrogens is 2. The molecule has 0 aliphatic carbocycles. The zero-order valence-corrected chi connectivity index (χ0v) is 20.7. The van der Waals surface area contributed by atoms with Crippen LogP contribution in [0.2, 0.25) is 0 Å². The van der Waals surface area contributed by atoms with Crippen molar-refractivity contribution in [1.82, 2.24) is 9.13 Å². The second-order valence-electron chi connectivity index (χ2n) is 8.41. The van der Waals surface area contributed by atoms with Crippen molar-refractivity contribution < 1.29 is 0 Å². The maximum absolute atomic E-state index is 2.33. The molecule has 0 bridgehead atoms. The largest absolute Gasteiger partial charge is 0.338 e. The number of rotatable bonds is 5. The molecule has 34 heavy (non-hydrogen) atoms. The maximum Gasteiger partial charge on any atom is 0.0947 e. The number of hydrogen-bond donors (Lipinski definition) is 0.